The molecule has 0 saturated heterocycles. The molecule has 23 heavy (non-hydrogen) atoms. The highest BCUT2D eigenvalue weighted by atomic mass is 16.6. The smallest absolute Gasteiger partial charge is 0.355 e. The van der Waals surface area contributed by atoms with Crippen LogP contribution in [0.15, 0.2) is 42.6 Å². The van der Waals surface area contributed by atoms with Crippen molar-refractivity contribution in [3.8, 4) is 11.1 Å². The lowest BCUT2D eigenvalue weighted by Crippen LogP contribution is -2.06. The van der Waals surface area contributed by atoms with E-state index in [0.29, 0.717) is 16.6 Å². The summed E-state index contributed by atoms with van der Waals surface area (Å²) in [5, 5.41) is 11.5. The minimum Gasteiger partial charge on any atom is -0.461 e. The Kier molecular flexibility index (Phi) is 3.76. The molecular weight excluding hydrogens is 298 g/mol. The van der Waals surface area contributed by atoms with Gasteiger partial charge in [0.25, 0.3) is 5.69 Å². The van der Waals surface area contributed by atoms with Crippen molar-refractivity contribution < 1.29 is 14.5 Å². The molecule has 0 aliphatic rings. The van der Waals surface area contributed by atoms with Gasteiger partial charge in [-0.15, -0.1) is 0 Å². The molecule has 7 nitrogen and oxygen atoms in total. The first-order valence-electron chi connectivity index (χ1n) is 7.00. The van der Waals surface area contributed by atoms with E-state index in [9.17, 15) is 14.9 Å². The van der Waals surface area contributed by atoms with Crippen LogP contribution in [0.3, 0.4) is 0 Å². The molecule has 2 heterocycles. The summed E-state index contributed by atoms with van der Waals surface area (Å²) in [6.45, 7) is 1.95. The monoisotopic (exact) mass is 311 g/mol. The number of fused-ring (bicyclic) bond motifs is 1. The molecule has 1 N–H and O–H groups in total. The summed E-state index contributed by atoms with van der Waals surface area (Å²) in [6, 6.07) is 10.6. The molecule has 0 unspecified atom stereocenters. The van der Waals surface area contributed by atoms with E-state index in [1.807, 2.05) is 30.3 Å². The van der Waals surface area contributed by atoms with Gasteiger partial charge in [0, 0.05) is 17.0 Å². The Bertz CT molecular complexity index is 887. The number of ether oxygens (including phenoxy) is 1. The average Bonchev–Trinajstić information content (AvgIpc) is 2.94. The van der Waals surface area contributed by atoms with Crippen LogP contribution in [0.4, 0.5) is 5.69 Å². The summed E-state index contributed by atoms with van der Waals surface area (Å²) >= 11 is 0. The SMILES string of the molecule is CCOC(=O)c1[nH]c2ncc([N+](=O)[O-])cc2c1-c1ccccc1. The quantitative estimate of drug-likeness (QED) is 0.453. The van der Waals surface area contributed by atoms with Crippen molar-refractivity contribution in [3.63, 3.8) is 0 Å². The highest BCUT2D eigenvalue weighted by molar-refractivity contribution is 6.07. The zero-order chi connectivity index (χ0) is 16.4. The van der Waals surface area contributed by atoms with Crippen LogP contribution in [-0.2, 0) is 4.74 Å². The molecule has 7 heteroatoms. The topological polar surface area (TPSA) is 98.1 Å². The molecule has 0 atom stereocenters. The largest absolute Gasteiger partial charge is 0.461 e. The van der Waals surface area contributed by atoms with E-state index in [2.05, 4.69) is 9.97 Å². The number of hydrogen-bond donors (Lipinski definition) is 1. The maximum atomic E-state index is 12.2. The van der Waals surface area contributed by atoms with Crippen molar-refractivity contribution in [2.45, 2.75) is 6.92 Å². The van der Waals surface area contributed by atoms with Gasteiger partial charge in [-0.25, -0.2) is 9.78 Å². The molecule has 0 bridgehead atoms. The van der Waals surface area contributed by atoms with Crippen LogP contribution < -0.4 is 0 Å². The van der Waals surface area contributed by atoms with Gasteiger partial charge < -0.3 is 9.72 Å². The molecule has 0 spiro atoms. The van der Waals surface area contributed by atoms with E-state index < -0.39 is 10.9 Å². The van der Waals surface area contributed by atoms with Gasteiger partial charge in [0.05, 0.1) is 11.5 Å². The Morgan fingerprint density at radius 1 is 1.35 bits per heavy atom. The van der Waals surface area contributed by atoms with Crippen LogP contribution in [0.1, 0.15) is 17.4 Å². The van der Waals surface area contributed by atoms with Crippen molar-refractivity contribution >= 4 is 22.7 Å². The molecule has 0 saturated carbocycles. The van der Waals surface area contributed by atoms with E-state index in [4.69, 9.17) is 4.74 Å². The number of nitrogens with zero attached hydrogens (tertiary/aromatic N) is 2. The first-order chi connectivity index (χ1) is 11.1. The summed E-state index contributed by atoms with van der Waals surface area (Å²) in [4.78, 5) is 29.6. The number of benzene rings is 1. The summed E-state index contributed by atoms with van der Waals surface area (Å²) < 4.78 is 5.07. The maximum absolute atomic E-state index is 12.2. The first kappa shape index (κ1) is 14.7. The molecular formula is C16H13N3O4. The van der Waals surface area contributed by atoms with E-state index in [1.54, 1.807) is 6.92 Å². The van der Waals surface area contributed by atoms with Crippen molar-refractivity contribution in [2.75, 3.05) is 6.61 Å². The fourth-order valence-electron chi connectivity index (χ4n) is 2.42. The predicted octanol–water partition coefficient (Wildman–Crippen LogP) is 3.31. The number of nitro groups is 1. The Morgan fingerprint density at radius 3 is 2.74 bits per heavy atom. The van der Waals surface area contributed by atoms with Crippen LogP contribution in [-0.4, -0.2) is 27.5 Å². The van der Waals surface area contributed by atoms with E-state index in [1.165, 1.54) is 6.07 Å². The molecule has 0 amide bonds. The number of H-pyrrole nitrogens is 1. The lowest BCUT2D eigenvalue weighted by molar-refractivity contribution is -0.385. The molecule has 3 rings (SSSR count). The van der Waals surface area contributed by atoms with Crippen LogP contribution >= 0.6 is 0 Å². The number of carbonyl (C=O) groups excluding carboxylic acids is 1. The fourth-order valence-corrected chi connectivity index (χ4v) is 2.42. The van der Waals surface area contributed by atoms with Crippen molar-refractivity contribution in [1.29, 1.82) is 0 Å². The summed E-state index contributed by atoms with van der Waals surface area (Å²) in [7, 11) is 0. The molecule has 2 aromatic heterocycles. The van der Waals surface area contributed by atoms with Gasteiger partial charge in [-0.2, -0.15) is 0 Å². The molecule has 116 valence electrons. The van der Waals surface area contributed by atoms with E-state index in [-0.39, 0.29) is 18.0 Å². The summed E-state index contributed by atoms with van der Waals surface area (Å²) in [6.07, 6.45) is 1.16. The number of rotatable bonds is 4. The minimum absolute atomic E-state index is 0.135. The maximum Gasteiger partial charge on any atom is 0.355 e. The van der Waals surface area contributed by atoms with Gasteiger partial charge in [-0.1, -0.05) is 30.3 Å². The average molecular weight is 311 g/mol. The van der Waals surface area contributed by atoms with Crippen molar-refractivity contribution in [2.24, 2.45) is 0 Å². The Hall–Kier alpha value is -3.22. The molecule has 0 radical (unpaired) electrons. The number of carbonyl (C=O) groups is 1. The van der Waals surface area contributed by atoms with Crippen LogP contribution in [0.2, 0.25) is 0 Å². The Morgan fingerprint density at radius 2 is 2.09 bits per heavy atom. The number of nitrogens with one attached hydrogen (secondary N) is 1. The van der Waals surface area contributed by atoms with Gasteiger partial charge in [0.2, 0.25) is 0 Å². The number of esters is 1. The van der Waals surface area contributed by atoms with Crippen molar-refractivity contribution in [1.82, 2.24) is 9.97 Å². The molecule has 0 fully saturated rings. The number of aromatic amines is 1. The lowest BCUT2D eigenvalue weighted by atomic mass is 10.0. The van der Waals surface area contributed by atoms with Crippen molar-refractivity contribution in [3.05, 3.63) is 58.4 Å². The van der Waals surface area contributed by atoms with Gasteiger partial charge in [0.1, 0.15) is 17.5 Å². The highest BCUT2D eigenvalue weighted by Crippen LogP contribution is 2.33. The number of hydrogen-bond acceptors (Lipinski definition) is 5. The zero-order valence-corrected chi connectivity index (χ0v) is 12.3. The lowest BCUT2D eigenvalue weighted by Gasteiger charge is -2.04. The molecule has 0 aliphatic carbocycles. The Balaban J connectivity index is 2.30. The van der Waals surface area contributed by atoms with Crippen LogP contribution in [0, 0.1) is 10.1 Å². The second-order valence-corrected chi connectivity index (χ2v) is 4.81. The summed E-state index contributed by atoms with van der Waals surface area (Å²) in [5.41, 5.74) is 1.81. The number of pyridine rings is 1. The van der Waals surface area contributed by atoms with Crippen LogP contribution in [0.25, 0.3) is 22.2 Å². The van der Waals surface area contributed by atoms with Crippen LogP contribution in [0.5, 0.6) is 0 Å². The highest BCUT2D eigenvalue weighted by Gasteiger charge is 2.22. The fraction of sp³-hybridized carbons (Fsp3) is 0.125. The van der Waals surface area contributed by atoms with E-state index in [0.717, 1.165) is 11.8 Å². The third-order valence-electron chi connectivity index (χ3n) is 3.39. The minimum atomic E-state index is -0.521. The van der Waals surface area contributed by atoms with Gasteiger partial charge in [0.15, 0.2) is 0 Å². The number of aromatic nitrogens is 2. The summed E-state index contributed by atoms with van der Waals surface area (Å²) in [5.74, 6) is -0.521. The first-order valence-corrected chi connectivity index (χ1v) is 7.00. The standard InChI is InChI=1S/C16H13N3O4/c1-2-23-16(20)14-13(10-6-4-3-5-7-10)12-8-11(19(21)22)9-17-15(12)18-14/h3-9H,2H2,1H3,(H,17,18). The van der Waals surface area contributed by atoms with Gasteiger partial charge in [-0.05, 0) is 12.5 Å². The molecule has 0 aliphatic heterocycles. The second-order valence-electron chi connectivity index (χ2n) is 4.81. The molecule has 1 aromatic carbocycles. The zero-order valence-electron chi connectivity index (χ0n) is 12.3. The van der Waals surface area contributed by atoms with Gasteiger partial charge in [-0.3, -0.25) is 10.1 Å². The molecule has 3 aromatic rings. The second kappa shape index (κ2) is 5.88. The third-order valence-corrected chi connectivity index (χ3v) is 3.39. The normalized spacial score (nSPS) is 10.7. The van der Waals surface area contributed by atoms with E-state index >= 15 is 0 Å². The van der Waals surface area contributed by atoms with Gasteiger partial charge >= 0.3 is 5.97 Å². The Labute approximate surface area is 131 Å². The third kappa shape index (κ3) is 2.64. The predicted molar refractivity (Wildman–Crippen MR) is 84.1 cm³/mol.